The Morgan fingerprint density at radius 2 is 2.00 bits per heavy atom. The van der Waals surface area contributed by atoms with E-state index in [0.29, 0.717) is 6.42 Å². The van der Waals surface area contributed by atoms with Gasteiger partial charge in [-0.3, -0.25) is 4.79 Å². The monoisotopic (exact) mass is 128 g/mol. The summed E-state index contributed by atoms with van der Waals surface area (Å²) in [6.45, 7) is 6.14. The highest BCUT2D eigenvalue weighted by molar-refractivity contribution is 5.57. The lowest BCUT2D eigenvalue weighted by molar-refractivity contribution is 0.362. The molecule has 0 heterocycles. The Morgan fingerprint density at radius 1 is 1.56 bits per heavy atom. The Labute approximate surface area is 56.4 Å². The van der Waals surface area contributed by atoms with E-state index in [0.717, 1.165) is 0 Å². The maximum Gasteiger partial charge on any atom is 0.216 e. The second-order valence-electron chi connectivity index (χ2n) is 3.49. The summed E-state index contributed by atoms with van der Waals surface area (Å²) in [5.41, 5.74) is 5.47. The van der Waals surface area contributed by atoms with Crippen molar-refractivity contribution in [3.63, 3.8) is 0 Å². The minimum absolute atomic E-state index is 0.136. The molecule has 0 aromatic carbocycles. The molecule has 0 aromatic rings. The number of hydrogen-bond acceptors (Lipinski definition) is 2. The van der Waals surface area contributed by atoms with Gasteiger partial charge in [-0.1, -0.05) is 20.8 Å². The summed E-state index contributed by atoms with van der Waals surface area (Å²) in [4.78, 5) is 9.93. The standard InChI is InChI=1S/C7H14NO/c1-7(2,3)4-6(8)5-9/h6H,4,8H2,1-3H3. The molecule has 0 bridgehead atoms. The highest BCUT2D eigenvalue weighted by atomic mass is 16.1. The predicted molar refractivity (Wildman–Crippen MR) is 37.7 cm³/mol. The molecule has 2 nitrogen and oxygen atoms in total. The van der Waals surface area contributed by atoms with Gasteiger partial charge in [0, 0.05) is 0 Å². The molecule has 0 rings (SSSR count). The maximum absolute atomic E-state index is 9.93. The van der Waals surface area contributed by atoms with Crippen molar-refractivity contribution in [3.8, 4) is 0 Å². The van der Waals surface area contributed by atoms with Crippen LogP contribution in [0.2, 0.25) is 0 Å². The van der Waals surface area contributed by atoms with Crippen LogP contribution < -0.4 is 5.73 Å². The smallest absolute Gasteiger partial charge is 0.216 e. The molecule has 2 heteroatoms. The van der Waals surface area contributed by atoms with Crippen molar-refractivity contribution in [2.45, 2.75) is 33.2 Å². The minimum Gasteiger partial charge on any atom is -0.321 e. The molecule has 0 fully saturated rings. The van der Waals surface area contributed by atoms with Gasteiger partial charge in [0.2, 0.25) is 6.29 Å². The second-order valence-corrected chi connectivity index (χ2v) is 3.49. The SMILES string of the molecule is CC(C)(C)CC(N)[C]=O. The van der Waals surface area contributed by atoms with Crippen LogP contribution in [0, 0.1) is 5.41 Å². The van der Waals surface area contributed by atoms with Crippen LogP contribution in [-0.2, 0) is 4.79 Å². The Morgan fingerprint density at radius 3 is 2.11 bits per heavy atom. The van der Waals surface area contributed by atoms with E-state index in [1.165, 1.54) is 0 Å². The van der Waals surface area contributed by atoms with Crippen LogP contribution in [0.4, 0.5) is 0 Å². The van der Waals surface area contributed by atoms with E-state index >= 15 is 0 Å². The summed E-state index contributed by atoms with van der Waals surface area (Å²) < 4.78 is 0. The van der Waals surface area contributed by atoms with E-state index < -0.39 is 6.04 Å². The predicted octanol–water partition coefficient (Wildman–Crippen LogP) is 0.860. The number of carbonyl (C=O) groups excluding carboxylic acids is 1. The molecule has 0 spiro atoms. The molecule has 1 radical (unpaired) electrons. The zero-order valence-corrected chi connectivity index (χ0v) is 6.27. The van der Waals surface area contributed by atoms with Crippen molar-refractivity contribution in [2.75, 3.05) is 0 Å². The van der Waals surface area contributed by atoms with Crippen molar-refractivity contribution >= 4 is 6.29 Å². The van der Waals surface area contributed by atoms with E-state index in [9.17, 15) is 4.79 Å². The lowest BCUT2D eigenvalue weighted by Gasteiger charge is -2.18. The molecule has 0 aliphatic carbocycles. The van der Waals surface area contributed by atoms with Crippen LogP contribution in [-0.4, -0.2) is 12.3 Å². The first kappa shape index (κ1) is 8.63. The van der Waals surface area contributed by atoms with Gasteiger partial charge in [0.05, 0.1) is 6.04 Å². The van der Waals surface area contributed by atoms with Crippen LogP contribution in [0.25, 0.3) is 0 Å². The van der Waals surface area contributed by atoms with Crippen LogP contribution in [0.3, 0.4) is 0 Å². The molecule has 0 saturated heterocycles. The summed E-state index contributed by atoms with van der Waals surface area (Å²) in [7, 11) is 0. The molecular weight excluding hydrogens is 114 g/mol. The molecular formula is C7H14NO. The summed E-state index contributed by atoms with van der Waals surface area (Å²) in [6.07, 6.45) is 2.45. The summed E-state index contributed by atoms with van der Waals surface area (Å²) in [5, 5.41) is 0. The van der Waals surface area contributed by atoms with Crippen LogP contribution in [0.1, 0.15) is 27.2 Å². The van der Waals surface area contributed by atoms with Crippen molar-refractivity contribution in [3.05, 3.63) is 0 Å². The maximum atomic E-state index is 9.93. The molecule has 9 heavy (non-hydrogen) atoms. The van der Waals surface area contributed by atoms with Gasteiger partial charge < -0.3 is 5.73 Å². The van der Waals surface area contributed by atoms with Gasteiger partial charge in [-0.15, -0.1) is 0 Å². The Hall–Kier alpha value is -0.370. The minimum atomic E-state index is -0.412. The van der Waals surface area contributed by atoms with E-state index in [2.05, 4.69) is 0 Å². The first-order valence-corrected chi connectivity index (χ1v) is 3.09. The number of nitrogens with two attached hydrogens (primary N) is 1. The lowest BCUT2D eigenvalue weighted by atomic mass is 9.89. The molecule has 1 atom stereocenters. The van der Waals surface area contributed by atoms with Gasteiger partial charge in [-0.05, 0) is 11.8 Å². The summed E-state index contributed by atoms with van der Waals surface area (Å²) in [5.74, 6) is 0. The van der Waals surface area contributed by atoms with Gasteiger partial charge >= 0.3 is 0 Å². The fraction of sp³-hybridized carbons (Fsp3) is 0.857. The fourth-order valence-corrected chi connectivity index (χ4v) is 0.701. The summed E-state index contributed by atoms with van der Waals surface area (Å²) in [6, 6.07) is -0.412. The normalized spacial score (nSPS) is 15.1. The first-order chi connectivity index (χ1) is 3.95. The first-order valence-electron chi connectivity index (χ1n) is 3.09. The zero-order chi connectivity index (χ0) is 7.49. The molecule has 0 aliphatic heterocycles. The van der Waals surface area contributed by atoms with Crippen molar-refractivity contribution < 1.29 is 4.79 Å². The molecule has 53 valence electrons. The van der Waals surface area contributed by atoms with Crippen molar-refractivity contribution in [1.29, 1.82) is 0 Å². The van der Waals surface area contributed by atoms with E-state index in [4.69, 9.17) is 5.73 Å². The third-order valence-corrected chi connectivity index (χ3v) is 0.984. The Bertz CT molecular complexity index is 93.6. The summed E-state index contributed by atoms with van der Waals surface area (Å²) >= 11 is 0. The highest BCUT2D eigenvalue weighted by Crippen LogP contribution is 2.18. The highest BCUT2D eigenvalue weighted by Gasteiger charge is 2.14. The largest absolute Gasteiger partial charge is 0.321 e. The van der Waals surface area contributed by atoms with Gasteiger partial charge in [-0.25, -0.2) is 0 Å². The van der Waals surface area contributed by atoms with Crippen molar-refractivity contribution in [1.82, 2.24) is 0 Å². The van der Waals surface area contributed by atoms with Gasteiger partial charge in [0.15, 0.2) is 0 Å². The Balaban J connectivity index is 3.59. The van der Waals surface area contributed by atoms with Crippen LogP contribution in [0.5, 0.6) is 0 Å². The van der Waals surface area contributed by atoms with Gasteiger partial charge in [0.25, 0.3) is 0 Å². The molecule has 0 aliphatic rings. The fourth-order valence-electron chi connectivity index (χ4n) is 0.701. The van der Waals surface area contributed by atoms with E-state index in [-0.39, 0.29) is 5.41 Å². The number of hydrogen-bond donors (Lipinski definition) is 1. The van der Waals surface area contributed by atoms with E-state index in [1.807, 2.05) is 20.8 Å². The third-order valence-electron chi connectivity index (χ3n) is 0.984. The van der Waals surface area contributed by atoms with E-state index in [1.54, 1.807) is 6.29 Å². The third kappa shape index (κ3) is 5.50. The number of rotatable bonds is 2. The molecule has 0 amide bonds. The molecule has 1 unspecified atom stereocenters. The lowest BCUT2D eigenvalue weighted by Crippen LogP contribution is -2.27. The second kappa shape index (κ2) is 2.97. The van der Waals surface area contributed by atoms with Crippen LogP contribution in [0.15, 0.2) is 0 Å². The molecule has 0 aromatic heterocycles. The zero-order valence-electron chi connectivity index (χ0n) is 6.27. The van der Waals surface area contributed by atoms with Gasteiger partial charge in [-0.2, -0.15) is 0 Å². The van der Waals surface area contributed by atoms with Gasteiger partial charge in [0.1, 0.15) is 0 Å². The van der Waals surface area contributed by atoms with Crippen LogP contribution >= 0.6 is 0 Å². The molecule has 0 saturated carbocycles. The molecule has 2 N–H and O–H groups in total. The topological polar surface area (TPSA) is 43.1 Å². The average Bonchev–Trinajstić information content (AvgIpc) is 1.62. The Kier molecular flexibility index (Phi) is 2.85. The average molecular weight is 128 g/mol. The van der Waals surface area contributed by atoms with Crippen molar-refractivity contribution in [2.24, 2.45) is 11.1 Å². The quantitative estimate of drug-likeness (QED) is 0.599.